The zero-order valence-electron chi connectivity index (χ0n) is 12.2. The molecule has 0 aliphatic carbocycles. The molecule has 1 aliphatic heterocycles. The molecule has 1 aromatic heterocycles. The van der Waals surface area contributed by atoms with Crippen LogP contribution in [0.15, 0.2) is 21.8 Å². The van der Waals surface area contributed by atoms with Gasteiger partial charge in [0, 0.05) is 26.7 Å². The molecule has 106 valence electrons. The van der Waals surface area contributed by atoms with Crippen molar-refractivity contribution < 1.29 is 0 Å². The zero-order valence-corrected chi connectivity index (χ0v) is 13.0. The quantitative estimate of drug-likeness (QED) is 0.680. The molecule has 0 radical (unpaired) electrons. The number of hydrogen-bond acceptors (Lipinski definition) is 2. The van der Waals surface area contributed by atoms with Gasteiger partial charge in [-0.3, -0.25) is 4.99 Å². The van der Waals surface area contributed by atoms with Crippen LogP contribution in [0, 0.1) is 5.92 Å². The molecule has 2 rings (SSSR count). The SMILES string of the molecule is CN=C(NCC(C)c1ccsc1)N1CCCC(C)C1. The largest absolute Gasteiger partial charge is 0.356 e. The van der Waals surface area contributed by atoms with Gasteiger partial charge in [-0.2, -0.15) is 11.3 Å². The van der Waals surface area contributed by atoms with E-state index in [0.29, 0.717) is 5.92 Å². The Hall–Kier alpha value is -1.03. The summed E-state index contributed by atoms with van der Waals surface area (Å²) in [6.45, 7) is 7.81. The van der Waals surface area contributed by atoms with Crippen LogP contribution < -0.4 is 5.32 Å². The fourth-order valence-electron chi connectivity index (χ4n) is 2.63. The van der Waals surface area contributed by atoms with E-state index in [1.807, 2.05) is 7.05 Å². The molecule has 0 spiro atoms. The zero-order chi connectivity index (χ0) is 13.7. The van der Waals surface area contributed by atoms with Crippen molar-refractivity contribution >= 4 is 17.3 Å². The summed E-state index contributed by atoms with van der Waals surface area (Å²) < 4.78 is 0. The topological polar surface area (TPSA) is 27.6 Å². The molecule has 2 unspecified atom stereocenters. The van der Waals surface area contributed by atoms with Crippen molar-refractivity contribution in [3.8, 4) is 0 Å². The summed E-state index contributed by atoms with van der Waals surface area (Å²) in [6.07, 6.45) is 2.63. The van der Waals surface area contributed by atoms with E-state index in [4.69, 9.17) is 0 Å². The third kappa shape index (κ3) is 3.96. The molecular formula is C15H25N3S. The Balaban J connectivity index is 1.86. The molecule has 1 aliphatic rings. The average molecular weight is 279 g/mol. The highest BCUT2D eigenvalue weighted by atomic mass is 32.1. The minimum Gasteiger partial charge on any atom is -0.356 e. The van der Waals surface area contributed by atoms with Crippen molar-refractivity contribution in [3.05, 3.63) is 22.4 Å². The molecule has 0 bridgehead atoms. The normalized spacial score (nSPS) is 22.4. The lowest BCUT2D eigenvalue weighted by Gasteiger charge is -2.33. The Morgan fingerprint density at radius 1 is 1.63 bits per heavy atom. The molecule has 19 heavy (non-hydrogen) atoms. The van der Waals surface area contributed by atoms with Crippen LogP contribution >= 0.6 is 11.3 Å². The van der Waals surface area contributed by atoms with E-state index < -0.39 is 0 Å². The van der Waals surface area contributed by atoms with Crippen LogP contribution in [0.5, 0.6) is 0 Å². The molecule has 2 atom stereocenters. The van der Waals surface area contributed by atoms with Gasteiger partial charge >= 0.3 is 0 Å². The molecule has 0 amide bonds. The van der Waals surface area contributed by atoms with Gasteiger partial charge < -0.3 is 10.2 Å². The minimum absolute atomic E-state index is 0.533. The van der Waals surface area contributed by atoms with Gasteiger partial charge in [-0.05, 0) is 47.1 Å². The maximum absolute atomic E-state index is 4.43. The highest BCUT2D eigenvalue weighted by Gasteiger charge is 2.19. The van der Waals surface area contributed by atoms with E-state index in [9.17, 15) is 0 Å². The van der Waals surface area contributed by atoms with Crippen LogP contribution in [0.3, 0.4) is 0 Å². The van der Waals surface area contributed by atoms with Gasteiger partial charge in [0.15, 0.2) is 5.96 Å². The molecule has 1 N–H and O–H groups in total. The van der Waals surface area contributed by atoms with E-state index in [-0.39, 0.29) is 0 Å². The predicted octanol–water partition coefficient (Wildman–Crippen LogP) is 3.16. The Morgan fingerprint density at radius 2 is 2.47 bits per heavy atom. The van der Waals surface area contributed by atoms with Gasteiger partial charge in [0.1, 0.15) is 0 Å². The maximum atomic E-state index is 4.43. The first-order chi connectivity index (χ1) is 9.20. The predicted molar refractivity (Wildman–Crippen MR) is 84.1 cm³/mol. The highest BCUT2D eigenvalue weighted by molar-refractivity contribution is 7.07. The van der Waals surface area contributed by atoms with E-state index in [1.54, 1.807) is 11.3 Å². The molecule has 1 saturated heterocycles. The van der Waals surface area contributed by atoms with Crippen LogP contribution in [-0.2, 0) is 0 Å². The number of nitrogens with one attached hydrogen (secondary N) is 1. The molecule has 4 heteroatoms. The van der Waals surface area contributed by atoms with Crippen molar-refractivity contribution in [1.82, 2.24) is 10.2 Å². The fraction of sp³-hybridized carbons (Fsp3) is 0.667. The van der Waals surface area contributed by atoms with Gasteiger partial charge in [0.25, 0.3) is 0 Å². The monoisotopic (exact) mass is 279 g/mol. The lowest BCUT2D eigenvalue weighted by atomic mass is 10.0. The van der Waals surface area contributed by atoms with Gasteiger partial charge in [-0.1, -0.05) is 13.8 Å². The second kappa shape index (κ2) is 6.94. The molecular weight excluding hydrogens is 254 g/mol. The number of nitrogens with zero attached hydrogens (tertiary/aromatic N) is 2. The fourth-order valence-corrected chi connectivity index (χ4v) is 3.41. The Bertz CT molecular complexity index is 400. The summed E-state index contributed by atoms with van der Waals surface area (Å²) in [5, 5.41) is 7.91. The number of thiophene rings is 1. The maximum Gasteiger partial charge on any atom is 0.193 e. The molecule has 1 fully saturated rings. The van der Waals surface area contributed by atoms with Crippen LogP contribution in [0.1, 0.15) is 38.2 Å². The third-order valence-electron chi connectivity index (χ3n) is 3.85. The Labute approximate surface area is 120 Å². The number of aliphatic imine (C=N–C) groups is 1. The van der Waals surface area contributed by atoms with Crippen LogP contribution in [0.4, 0.5) is 0 Å². The minimum atomic E-state index is 0.533. The summed E-state index contributed by atoms with van der Waals surface area (Å²) in [5.41, 5.74) is 1.42. The average Bonchev–Trinajstić information content (AvgIpc) is 2.93. The van der Waals surface area contributed by atoms with E-state index in [2.05, 4.69) is 45.9 Å². The van der Waals surface area contributed by atoms with Crippen LogP contribution in [-0.4, -0.2) is 37.5 Å². The van der Waals surface area contributed by atoms with Crippen LogP contribution in [0.2, 0.25) is 0 Å². The smallest absolute Gasteiger partial charge is 0.193 e. The molecule has 0 saturated carbocycles. The van der Waals surface area contributed by atoms with E-state index >= 15 is 0 Å². The first kappa shape index (κ1) is 14.4. The summed E-state index contributed by atoms with van der Waals surface area (Å²) in [5.74, 6) is 2.38. The van der Waals surface area contributed by atoms with Crippen LogP contribution in [0.25, 0.3) is 0 Å². The van der Waals surface area contributed by atoms with Crippen molar-refractivity contribution in [2.75, 3.05) is 26.7 Å². The van der Waals surface area contributed by atoms with Gasteiger partial charge in [-0.25, -0.2) is 0 Å². The standard InChI is InChI=1S/C15H25N3S/c1-12-5-4-7-18(10-12)15(16-3)17-9-13(2)14-6-8-19-11-14/h6,8,11-13H,4-5,7,9-10H2,1-3H3,(H,16,17). The van der Waals surface area contributed by atoms with E-state index in [0.717, 1.165) is 31.5 Å². The van der Waals surface area contributed by atoms with Gasteiger partial charge in [-0.15, -0.1) is 0 Å². The highest BCUT2D eigenvalue weighted by Crippen LogP contribution is 2.18. The number of hydrogen-bond donors (Lipinski definition) is 1. The molecule has 1 aromatic rings. The number of rotatable bonds is 3. The second-order valence-corrected chi connectivity index (χ2v) is 6.36. The second-order valence-electron chi connectivity index (χ2n) is 5.58. The molecule has 3 nitrogen and oxygen atoms in total. The lowest BCUT2D eigenvalue weighted by Crippen LogP contribution is -2.46. The summed E-state index contributed by atoms with van der Waals surface area (Å²) in [7, 11) is 1.89. The third-order valence-corrected chi connectivity index (χ3v) is 4.55. The van der Waals surface area contributed by atoms with Gasteiger partial charge in [0.05, 0.1) is 0 Å². The van der Waals surface area contributed by atoms with Crippen molar-refractivity contribution in [2.24, 2.45) is 10.9 Å². The first-order valence-corrected chi connectivity index (χ1v) is 8.12. The van der Waals surface area contributed by atoms with Crippen molar-refractivity contribution in [2.45, 2.75) is 32.6 Å². The lowest BCUT2D eigenvalue weighted by molar-refractivity contribution is 0.266. The van der Waals surface area contributed by atoms with Crippen molar-refractivity contribution in [1.29, 1.82) is 0 Å². The first-order valence-electron chi connectivity index (χ1n) is 7.18. The summed E-state index contributed by atoms with van der Waals surface area (Å²) in [4.78, 5) is 6.83. The number of likely N-dealkylation sites (tertiary alicyclic amines) is 1. The number of guanidine groups is 1. The van der Waals surface area contributed by atoms with E-state index in [1.165, 1.54) is 18.4 Å². The Kier molecular flexibility index (Phi) is 5.25. The Morgan fingerprint density at radius 3 is 3.11 bits per heavy atom. The molecule has 0 aromatic carbocycles. The summed E-state index contributed by atoms with van der Waals surface area (Å²) >= 11 is 1.77. The van der Waals surface area contributed by atoms with Crippen molar-refractivity contribution in [3.63, 3.8) is 0 Å². The number of piperidine rings is 1. The molecule has 2 heterocycles. The van der Waals surface area contributed by atoms with Gasteiger partial charge in [0.2, 0.25) is 0 Å². The summed E-state index contributed by atoms with van der Waals surface area (Å²) in [6, 6.07) is 2.21.